The van der Waals surface area contributed by atoms with Gasteiger partial charge in [0.25, 0.3) is 0 Å². The molecule has 11 heteroatoms. The number of hydrogen-bond acceptors (Lipinski definition) is 7. The third-order valence-electron chi connectivity index (χ3n) is 6.24. The molecule has 0 radical (unpaired) electrons. The van der Waals surface area contributed by atoms with Gasteiger partial charge in [0, 0.05) is 76.8 Å². The Labute approximate surface area is 198 Å². The van der Waals surface area contributed by atoms with E-state index in [2.05, 4.69) is 44.3 Å². The molecule has 4 rings (SSSR count). The van der Waals surface area contributed by atoms with Gasteiger partial charge in [0.15, 0.2) is 5.82 Å². The van der Waals surface area contributed by atoms with Crippen LogP contribution in [0.4, 0.5) is 19.0 Å². The Balaban J connectivity index is 1.37. The van der Waals surface area contributed by atoms with Crippen molar-refractivity contribution in [2.45, 2.75) is 32.5 Å². The van der Waals surface area contributed by atoms with Gasteiger partial charge in [0.1, 0.15) is 0 Å². The normalized spacial score (nSPS) is 18.9. The average Bonchev–Trinajstić information content (AvgIpc) is 3.08. The molecule has 2 aliphatic rings. The van der Waals surface area contributed by atoms with Crippen LogP contribution in [0, 0.1) is 0 Å². The summed E-state index contributed by atoms with van der Waals surface area (Å²) in [6.45, 7) is 13.8. The molecule has 0 aliphatic carbocycles. The van der Waals surface area contributed by atoms with Gasteiger partial charge in [-0.3, -0.25) is 9.80 Å². The first-order valence-electron chi connectivity index (χ1n) is 11.9. The van der Waals surface area contributed by atoms with Crippen molar-refractivity contribution < 1.29 is 22.6 Å². The number of alkyl halides is 3. The first-order chi connectivity index (χ1) is 16.3. The number of aromatic nitrogens is 3. The molecule has 0 unspecified atom stereocenters. The summed E-state index contributed by atoms with van der Waals surface area (Å²) in [7, 11) is 0. The molecule has 0 aromatic carbocycles. The molecule has 34 heavy (non-hydrogen) atoms. The fourth-order valence-corrected chi connectivity index (χ4v) is 4.34. The van der Waals surface area contributed by atoms with Gasteiger partial charge in [-0.2, -0.15) is 0 Å². The molecule has 2 aromatic heterocycles. The van der Waals surface area contributed by atoms with E-state index in [1.807, 2.05) is 0 Å². The highest BCUT2D eigenvalue weighted by Gasteiger charge is 2.31. The van der Waals surface area contributed by atoms with E-state index in [1.165, 1.54) is 12.3 Å². The van der Waals surface area contributed by atoms with Crippen molar-refractivity contribution in [3.63, 3.8) is 0 Å². The zero-order chi connectivity index (χ0) is 24.1. The van der Waals surface area contributed by atoms with Crippen molar-refractivity contribution in [2.75, 3.05) is 70.5 Å². The molecule has 0 amide bonds. The number of pyridine rings is 1. The Hall–Kier alpha value is -2.37. The standard InChI is InChI=1S/C23H33F3N6O2/c1-18(2)20-16-21(28-32(20)19-4-5-22(27-17-19)34-23(24,25)26)31-11-9-30(10-12-31)8-7-29-6-3-14-33-15-13-29/h4-5,16-18H,3,6-15H2,1-2H3. The van der Waals surface area contributed by atoms with Crippen molar-refractivity contribution in [1.82, 2.24) is 24.6 Å². The lowest BCUT2D eigenvalue weighted by atomic mass is 10.1. The number of hydrogen-bond donors (Lipinski definition) is 0. The molecule has 0 bridgehead atoms. The fourth-order valence-electron chi connectivity index (χ4n) is 4.34. The fraction of sp³-hybridized carbons (Fsp3) is 0.652. The van der Waals surface area contributed by atoms with Gasteiger partial charge in [-0.25, -0.2) is 9.67 Å². The lowest BCUT2D eigenvalue weighted by Gasteiger charge is -2.35. The number of anilines is 1. The van der Waals surface area contributed by atoms with Crippen LogP contribution in [-0.2, 0) is 4.74 Å². The third-order valence-corrected chi connectivity index (χ3v) is 6.24. The van der Waals surface area contributed by atoms with Crippen molar-refractivity contribution in [2.24, 2.45) is 0 Å². The number of nitrogens with zero attached hydrogens (tertiary/aromatic N) is 6. The summed E-state index contributed by atoms with van der Waals surface area (Å²) in [6, 6.07) is 4.82. The predicted molar refractivity (Wildman–Crippen MR) is 123 cm³/mol. The van der Waals surface area contributed by atoms with E-state index in [0.717, 1.165) is 83.5 Å². The maximum atomic E-state index is 12.4. The SMILES string of the molecule is CC(C)c1cc(N2CCN(CCN3CCCOCC3)CC2)nn1-c1ccc(OC(F)(F)F)nc1. The lowest BCUT2D eigenvalue weighted by molar-refractivity contribution is -0.276. The van der Waals surface area contributed by atoms with E-state index in [4.69, 9.17) is 9.84 Å². The Morgan fingerprint density at radius 1 is 1.00 bits per heavy atom. The van der Waals surface area contributed by atoms with Crippen molar-refractivity contribution in [3.8, 4) is 11.6 Å². The van der Waals surface area contributed by atoms with Gasteiger partial charge in [-0.05, 0) is 18.4 Å². The number of ether oxygens (including phenoxy) is 2. The predicted octanol–water partition coefficient (Wildman–Crippen LogP) is 3.13. The van der Waals surface area contributed by atoms with E-state index in [0.29, 0.717) is 5.69 Å². The molecule has 0 atom stereocenters. The second kappa shape index (κ2) is 10.9. The van der Waals surface area contributed by atoms with Crippen molar-refractivity contribution >= 4 is 5.82 Å². The number of rotatable bonds is 7. The first kappa shape index (κ1) is 24.7. The van der Waals surface area contributed by atoms with Crippen molar-refractivity contribution in [3.05, 3.63) is 30.1 Å². The van der Waals surface area contributed by atoms with Crippen LogP contribution >= 0.6 is 0 Å². The number of piperazine rings is 1. The Kier molecular flexibility index (Phi) is 7.95. The van der Waals surface area contributed by atoms with Gasteiger partial charge < -0.3 is 14.4 Å². The maximum absolute atomic E-state index is 12.4. The summed E-state index contributed by atoms with van der Waals surface area (Å²) in [5, 5.41) is 4.78. The molecule has 4 heterocycles. The van der Waals surface area contributed by atoms with Gasteiger partial charge in [0.05, 0.1) is 18.5 Å². The first-order valence-corrected chi connectivity index (χ1v) is 11.9. The van der Waals surface area contributed by atoms with E-state index in [9.17, 15) is 13.2 Å². The second-order valence-corrected chi connectivity index (χ2v) is 9.03. The second-order valence-electron chi connectivity index (χ2n) is 9.03. The van der Waals surface area contributed by atoms with Crippen LogP contribution in [0.15, 0.2) is 24.4 Å². The monoisotopic (exact) mass is 482 g/mol. The minimum absolute atomic E-state index is 0.186. The molecule has 2 aromatic rings. The molecular formula is C23H33F3N6O2. The van der Waals surface area contributed by atoms with E-state index in [1.54, 1.807) is 10.7 Å². The minimum atomic E-state index is -4.76. The molecular weight excluding hydrogens is 449 g/mol. The lowest BCUT2D eigenvalue weighted by Crippen LogP contribution is -2.48. The van der Waals surface area contributed by atoms with E-state index in [-0.39, 0.29) is 5.92 Å². The molecule has 2 saturated heterocycles. The summed E-state index contributed by atoms with van der Waals surface area (Å²) < 4.78 is 48.5. The van der Waals surface area contributed by atoms with E-state index < -0.39 is 12.2 Å². The third kappa shape index (κ3) is 6.61. The highest BCUT2D eigenvalue weighted by Crippen LogP contribution is 2.27. The Morgan fingerprint density at radius 3 is 2.38 bits per heavy atom. The maximum Gasteiger partial charge on any atom is 0.574 e. The van der Waals surface area contributed by atoms with Crippen LogP contribution in [0.2, 0.25) is 0 Å². The van der Waals surface area contributed by atoms with Gasteiger partial charge in [0.2, 0.25) is 5.88 Å². The van der Waals surface area contributed by atoms with Gasteiger partial charge in [-0.1, -0.05) is 13.8 Å². The van der Waals surface area contributed by atoms with Crippen LogP contribution < -0.4 is 9.64 Å². The average molecular weight is 483 g/mol. The molecule has 0 saturated carbocycles. The Bertz CT molecular complexity index is 902. The molecule has 0 spiro atoms. The zero-order valence-corrected chi connectivity index (χ0v) is 19.8. The molecule has 0 N–H and O–H groups in total. The quantitative estimate of drug-likeness (QED) is 0.601. The Morgan fingerprint density at radius 2 is 1.74 bits per heavy atom. The minimum Gasteiger partial charge on any atom is -0.388 e. The molecule has 188 valence electrons. The number of halogens is 3. The van der Waals surface area contributed by atoms with Crippen molar-refractivity contribution in [1.29, 1.82) is 0 Å². The van der Waals surface area contributed by atoms with Gasteiger partial charge >= 0.3 is 6.36 Å². The highest BCUT2D eigenvalue weighted by atomic mass is 19.4. The smallest absolute Gasteiger partial charge is 0.388 e. The molecule has 8 nitrogen and oxygen atoms in total. The van der Waals surface area contributed by atoms with Crippen LogP contribution in [0.1, 0.15) is 31.9 Å². The molecule has 2 fully saturated rings. The topological polar surface area (TPSA) is 58.9 Å². The summed E-state index contributed by atoms with van der Waals surface area (Å²) in [5.41, 5.74) is 1.58. The summed E-state index contributed by atoms with van der Waals surface area (Å²) in [5.74, 6) is 0.577. The highest BCUT2D eigenvalue weighted by molar-refractivity contribution is 5.45. The summed E-state index contributed by atoms with van der Waals surface area (Å²) in [6.07, 6.45) is -2.31. The largest absolute Gasteiger partial charge is 0.574 e. The summed E-state index contributed by atoms with van der Waals surface area (Å²) in [4.78, 5) is 11.0. The van der Waals surface area contributed by atoms with Crippen LogP contribution in [0.3, 0.4) is 0 Å². The van der Waals surface area contributed by atoms with Crippen LogP contribution in [0.25, 0.3) is 5.69 Å². The summed E-state index contributed by atoms with van der Waals surface area (Å²) >= 11 is 0. The van der Waals surface area contributed by atoms with E-state index >= 15 is 0 Å². The zero-order valence-electron chi connectivity index (χ0n) is 19.8. The van der Waals surface area contributed by atoms with Crippen LogP contribution in [-0.4, -0.2) is 96.5 Å². The molecule has 2 aliphatic heterocycles. The van der Waals surface area contributed by atoms with Gasteiger partial charge in [-0.15, -0.1) is 18.3 Å². The van der Waals surface area contributed by atoms with Crippen LogP contribution in [0.5, 0.6) is 5.88 Å².